The summed E-state index contributed by atoms with van der Waals surface area (Å²) in [6.07, 6.45) is -0.383. The van der Waals surface area contributed by atoms with Gasteiger partial charge in [0.05, 0.1) is 0 Å². The van der Waals surface area contributed by atoms with Gasteiger partial charge in [-0.2, -0.15) is 0 Å². The van der Waals surface area contributed by atoms with Crippen molar-refractivity contribution in [2.24, 2.45) is 0 Å². The standard InChI is InChI=1S/C22H30O3/c1-15(2)17-11-12-19(16(3)4)21(13-17)25-14-18-9-7-8-10-20(18)22(23-5)24-6/h7-13,15-16,22H,14H2,1-6H3. The highest BCUT2D eigenvalue weighted by atomic mass is 16.7. The predicted octanol–water partition coefficient (Wildman–Crippen LogP) is 5.80. The maximum atomic E-state index is 6.24. The molecule has 0 unspecified atom stereocenters. The molecule has 0 spiro atoms. The summed E-state index contributed by atoms with van der Waals surface area (Å²) >= 11 is 0. The molecule has 136 valence electrons. The quantitative estimate of drug-likeness (QED) is 0.567. The molecular weight excluding hydrogens is 312 g/mol. The Morgan fingerprint density at radius 2 is 1.48 bits per heavy atom. The first kappa shape index (κ1) is 19.5. The van der Waals surface area contributed by atoms with Gasteiger partial charge in [-0.1, -0.05) is 64.1 Å². The number of hydrogen-bond donors (Lipinski definition) is 0. The molecule has 0 atom stereocenters. The second-order valence-corrected chi connectivity index (χ2v) is 6.90. The highest BCUT2D eigenvalue weighted by Gasteiger charge is 2.15. The lowest BCUT2D eigenvalue weighted by Crippen LogP contribution is -2.09. The van der Waals surface area contributed by atoms with E-state index in [4.69, 9.17) is 14.2 Å². The van der Waals surface area contributed by atoms with Crippen LogP contribution in [0.5, 0.6) is 5.75 Å². The molecule has 0 amide bonds. The Bertz CT molecular complexity index is 673. The van der Waals surface area contributed by atoms with Gasteiger partial charge >= 0.3 is 0 Å². The molecule has 25 heavy (non-hydrogen) atoms. The third-order valence-corrected chi connectivity index (χ3v) is 4.45. The van der Waals surface area contributed by atoms with E-state index in [0.29, 0.717) is 18.4 Å². The van der Waals surface area contributed by atoms with Crippen molar-refractivity contribution in [2.75, 3.05) is 14.2 Å². The third-order valence-electron chi connectivity index (χ3n) is 4.45. The molecule has 0 aliphatic rings. The summed E-state index contributed by atoms with van der Waals surface area (Å²) in [4.78, 5) is 0. The van der Waals surface area contributed by atoms with Crippen LogP contribution in [0.15, 0.2) is 42.5 Å². The van der Waals surface area contributed by atoms with Gasteiger partial charge in [0.15, 0.2) is 6.29 Å². The number of methoxy groups -OCH3 is 2. The predicted molar refractivity (Wildman–Crippen MR) is 102 cm³/mol. The van der Waals surface area contributed by atoms with Crippen molar-refractivity contribution in [1.82, 2.24) is 0 Å². The second-order valence-electron chi connectivity index (χ2n) is 6.90. The summed E-state index contributed by atoms with van der Waals surface area (Å²) in [5.74, 6) is 1.85. The van der Waals surface area contributed by atoms with Crippen LogP contribution in [0.1, 0.15) is 68.1 Å². The molecular formula is C22H30O3. The van der Waals surface area contributed by atoms with Crippen LogP contribution in [0.3, 0.4) is 0 Å². The fraction of sp³-hybridized carbons (Fsp3) is 0.455. The van der Waals surface area contributed by atoms with E-state index in [1.54, 1.807) is 14.2 Å². The lowest BCUT2D eigenvalue weighted by atomic mass is 9.96. The molecule has 0 fully saturated rings. The minimum atomic E-state index is -0.383. The zero-order valence-electron chi connectivity index (χ0n) is 16.2. The average molecular weight is 342 g/mol. The molecule has 0 radical (unpaired) electrons. The molecule has 0 aliphatic carbocycles. The molecule has 3 nitrogen and oxygen atoms in total. The van der Waals surface area contributed by atoms with Crippen molar-refractivity contribution < 1.29 is 14.2 Å². The van der Waals surface area contributed by atoms with Crippen LogP contribution in [0.4, 0.5) is 0 Å². The first-order valence-electron chi connectivity index (χ1n) is 8.88. The van der Waals surface area contributed by atoms with E-state index in [1.807, 2.05) is 18.2 Å². The highest BCUT2D eigenvalue weighted by molar-refractivity contribution is 5.41. The topological polar surface area (TPSA) is 27.7 Å². The van der Waals surface area contributed by atoms with Gasteiger partial charge in [-0.3, -0.25) is 0 Å². The maximum Gasteiger partial charge on any atom is 0.183 e. The molecule has 0 aromatic heterocycles. The SMILES string of the molecule is COC(OC)c1ccccc1COc1cc(C(C)C)ccc1C(C)C. The molecule has 0 aliphatic heterocycles. The molecule has 2 aromatic rings. The number of hydrogen-bond acceptors (Lipinski definition) is 3. The van der Waals surface area contributed by atoms with Gasteiger partial charge in [0.1, 0.15) is 12.4 Å². The monoisotopic (exact) mass is 342 g/mol. The Hall–Kier alpha value is -1.84. The van der Waals surface area contributed by atoms with Crippen LogP contribution in [0, 0.1) is 0 Å². The van der Waals surface area contributed by atoms with Crippen molar-refractivity contribution in [1.29, 1.82) is 0 Å². The summed E-state index contributed by atoms with van der Waals surface area (Å²) in [5.41, 5.74) is 4.59. The fourth-order valence-electron chi connectivity index (χ4n) is 2.91. The lowest BCUT2D eigenvalue weighted by molar-refractivity contribution is -0.106. The van der Waals surface area contributed by atoms with Crippen molar-refractivity contribution in [2.45, 2.75) is 52.4 Å². The zero-order chi connectivity index (χ0) is 18.4. The van der Waals surface area contributed by atoms with E-state index in [2.05, 4.69) is 52.0 Å². The molecule has 3 heteroatoms. The maximum absolute atomic E-state index is 6.24. The Morgan fingerprint density at radius 1 is 0.800 bits per heavy atom. The van der Waals surface area contributed by atoms with Crippen LogP contribution in [-0.4, -0.2) is 14.2 Å². The lowest BCUT2D eigenvalue weighted by Gasteiger charge is -2.20. The van der Waals surface area contributed by atoms with E-state index < -0.39 is 0 Å². The Morgan fingerprint density at radius 3 is 2.08 bits per heavy atom. The minimum Gasteiger partial charge on any atom is -0.489 e. The van der Waals surface area contributed by atoms with Crippen molar-refractivity contribution in [3.05, 3.63) is 64.7 Å². The molecule has 2 aromatic carbocycles. The Labute approximate surface area is 151 Å². The smallest absolute Gasteiger partial charge is 0.183 e. The van der Waals surface area contributed by atoms with Gasteiger partial charge in [-0.05, 0) is 34.6 Å². The van der Waals surface area contributed by atoms with Crippen LogP contribution < -0.4 is 4.74 Å². The van der Waals surface area contributed by atoms with Gasteiger partial charge in [0, 0.05) is 19.8 Å². The molecule has 2 rings (SSSR count). The van der Waals surface area contributed by atoms with Crippen LogP contribution in [0.2, 0.25) is 0 Å². The number of ether oxygens (including phenoxy) is 3. The minimum absolute atomic E-state index is 0.383. The van der Waals surface area contributed by atoms with E-state index in [1.165, 1.54) is 11.1 Å². The van der Waals surface area contributed by atoms with Crippen molar-refractivity contribution >= 4 is 0 Å². The highest BCUT2D eigenvalue weighted by Crippen LogP contribution is 2.31. The van der Waals surface area contributed by atoms with Gasteiger partial charge in [-0.15, -0.1) is 0 Å². The van der Waals surface area contributed by atoms with Crippen LogP contribution in [-0.2, 0) is 16.1 Å². The van der Waals surface area contributed by atoms with E-state index in [-0.39, 0.29) is 6.29 Å². The Balaban J connectivity index is 2.28. The summed E-state index contributed by atoms with van der Waals surface area (Å²) in [6.45, 7) is 9.27. The van der Waals surface area contributed by atoms with Gasteiger partial charge in [0.2, 0.25) is 0 Å². The zero-order valence-corrected chi connectivity index (χ0v) is 16.2. The van der Waals surface area contributed by atoms with E-state index in [9.17, 15) is 0 Å². The fourth-order valence-corrected chi connectivity index (χ4v) is 2.91. The second kappa shape index (κ2) is 9.02. The summed E-state index contributed by atoms with van der Waals surface area (Å²) in [6, 6.07) is 14.6. The largest absolute Gasteiger partial charge is 0.489 e. The first-order valence-corrected chi connectivity index (χ1v) is 8.88. The van der Waals surface area contributed by atoms with Gasteiger partial charge < -0.3 is 14.2 Å². The molecule has 0 bridgehead atoms. The van der Waals surface area contributed by atoms with E-state index in [0.717, 1.165) is 16.9 Å². The molecule has 0 N–H and O–H groups in total. The van der Waals surface area contributed by atoms with Crippen molar-refractivity contribution in [3.8, 4) is 5.75 Å². The average Bonchev–Trinajstić information content (AvgIpc) is 2.61. The third kappa shape index (κ3) is 4.83. The molecule has 0 saturated heterocycles. The molecule has 0 saturated carbocycles. The van der Waals surface area contributed by atoms with E-state index >= 15 is 0 Å². The van der Waals surface area contributed by atoms with Crippen LogP contribution >= 0.6 is 0 Å². The first-order chi connectivity index (χ1) is 12.0. The number of rotatable bonds is 8. The van der Waals surface area contributed by atoms with Crippen LogP contribution in [0.25, 0.3) is 0 Å². The number of benzene rings is 2. The summed E-state index contributed by atoms with van der Waals surface area (Å²) in [5, 5.41) is 0. The van der Waals surface area contributed by atoms with Crippen molar-refractivity contribution in [3.63, 3.8) is 0 Å². The molecule has 0 heterocycles. The normalized spacial score (nSPS) is 11.6. The summed E-state index contributed by atoms with van der Waals surface area (Å²) in [7, 11) is 3.30. The Kier molecular flexibility index (Phi) is 7.03. The van der Waals surface area contributed by atoms with Gasteiger partial charge in [-0.25, -0.2) is 0 Å². The van der Waals surface area contributed by atoms with Gasteiger partial charge in [0.25, 0.3) is 0 Å². The summed E-state index contributed by atoms with van der Waals surface area (Å²) < 4.78 is 17.1.